The Morgan fingerprint density at radius 2 is 1.87 bits per heavy atom. The monoisotopic (exact) mass is 454 g/mol. The quantitative estimate of drug-likeness (QED) is 0.522. The van der Waals surface area contributed by atoms with E-state index in [0.717, 1.165) is 12.8 Å². The summed E-state index contributed by atoms with van der Waals surface area (Å²) in [5.74, 6) is -0.702. The minimum absolute atomic E-state index is 0.115. The van der Waals surface area contributed by atoms with Gasteiger partial charge in [-0.05, 0) is 55.3 Å². The normalized spacial score (nSPS) is 11.6. The van der Waals surface area contributed by atoms with Gasteiger partial charge < -0.3 is 15.0 Å². The highest BCUT2D eigenvalue weighted by Crippen LogP contribution is 2.23. The van der Waals surface area contributed by atoms with E-state index in [1.807, 2.05) is 6.92 Å². The van der Waals surface area contributed by atoms with Gasteiger partial charge in [-0.15, -0.1) is 0 Å². The van der Waals surface area contributed by atoms with Gasteiger partial charge in [0.25, 0.3) is 5.91 Å². The van der Waals surface area contributed by atoms with Gasteiger partial charge in [0.1, 0.15) is 17.6 Å². The summed E-state index contributed by atoms with van der Waals surface area (Å²) in [5.41, 5.74) is 0.657. The largest absolute Gasteiger partial charge is 0.484 e. The second-order valence-electron chi connectivity index (χ2n) is 6.82. The maximum atomic E-state index is 13.0. The average Bonchev–Trinajstić information content (AvgIpc) is 2.72. The first-order valence-corrected chi connectivity index (χ1v) is 10.5. The number of benzene rings is 2. The van der Waals surface area contributed by atoms with Crippen molar-refractivity contribution in [3.63, 3.8) is 0 Å². The molecule has 0 spiro atoms. The third kappa shape index (κ3) is 7.18. The van der Waals surface area contributed by atoms with E-state index in [9.17, 15) is 14.0 Å². The summed E-state index contributed by atoms with van der Waals surface area (Å²) in [6, 6.07) is 9.59. The van der Waals surface area contributed by atoms with Crippen LogP contribution in [0.2, 0.25) is 10.0 Å². The van der Waals surface area contributed by atoms with Gasteiger partial charge in [-0.1, -0.05) is 42.6 Å². The molecule has 2 aromatic carbocycles. The average molecular weight is 455 g/mol. The lowest BCUT2D eigenvalue weighted by atomic mass is 10.1. The highest BCUT2D eigenvalue weighted by molar-refractivity contribution is 6.35. The first kappa shape index (κ1) is 24.0. The molecule has 8 heteroatoms. The Balaban J connectivity index is 2.14. The highest BCUT2D eigenvalue weighted by atomic mass is 35.5. The molecule has 0 aliphatic carbocycles. The van der Waals surface area contributed by atoms with Gasteiger partial charge >= 0.3 is 0 Å². The lowest BCUT2D eigenvalue weighted by Gasteiger charge is -2.29. The maximum absolute atomic E-state index is 13.0. The summed E-state index contributed by atoms with van der Waals surface area (Å²) in [6.45, 7) is 4.03. The van der Waals surface area contributed by atoms with Crippen molar-refractivity contribution in [2.24, 2.45) is 0 Å². The molecule has 1 N–H and O–H groups in total. The van der Waals surface area contributed by atoms with Crippen LogP contribution >= 0.6 is 23.2 Å². The number of nitrogens with one attached hydrogen (secondary N) is 1. The van der Waals surface area contributed by atoms with Crippen LogP contribution in [0.3, 0.4) is 0 Å². The van der Waals surface area contributed by atoms with E-state index in [-0.39, 0.29) is 19.1 Å². The van der Waals surface area contributed by atoms with E-state index in [0.29, 0.717) is 27.9 Å². The molecule has 2 aromatic rings. The molecule has 1 unspecified atom stereocenters. The number of ether oxygens (including phenoxy) is 1. The van der Waals surface area contributed by atoms with Crippen LogP contribution in [0.5, 0.6) is 5.75 Å². The molecule has 5 nitrogen and oxygen atoms in total. The number of nitrogens with zero attached hydrogens (tertiary/aromatic N) is 1. The van der Waals surface area contributed by atoms with Crippen LogP contribution in [-0.2, 0) is 16.1 Å². The predicted molar refractivity (Wildman–Crippen MR) is 116 cm³/mol. The fraction of sp³-hybridized carbons (Fsp3) is 0.364. The van der Waals surface area contributed by atoms with E-state index in [2.05, 4.69) is 5.32 Å². The minimum atomic E-state index is -0.738. The van der Waals surface area contributed by atoms with Crippen LogP contribution in [0, 0.1) is 5.82 Å². The van der Waals surface area contributed by atoms with Gasteiger partial charge in [0.2, 0.25) is 5.91 Å². The molecule has 0 heterocycles. The standard InChI is InChI=1S/C22H25Cl2FN2O3/c1-3-4-11-26-22(29)15(2)27(13-16-5-6-17(23)12-20(16)24)21(28)14-30-19-9-7-18(25)8-10-19/h5-10,12,15H,3-4,11,13-14H2,1-2H3,(H,26,29). The molecule has 30 heavy (non-hydrogen) atoms. The van der Waals surface area contributed by atoms with Crippen LogP contribution in [0.15, 0.2) is 42.5 Å². The zero-order valence-corrected chi connectivity index (χ0v) is 18.5. The number of hydrogen-bond acceptors (Lipinski definition) is 3. The first-order chi connectivity index (χ1) is 14.3. The molecule has 2 amide bonds. The molecular formula is C22H25Cl2FN2O3. The van der Waals surface area contributed by atoms with Crippen LogP contribution in [-0.4, -0.2) is 35.9 Å². The van der Waals surface area contributed by atoms with Gasteiger partial charge in [0.15, 0.2) is 6.61 Å². The van der Waals surface area contributed by atoms with Gasteiger partial charge in [-0.3, -0.25) is 9.59 Å². The Morgan fingerprint density at radius 1 is 1.17 bits per heavy atom. The van der Waals surface area contributed by atoms with Crippen LogP contribution in [0.25, 0.3) is 0 Å². The Hall–Kier alpha value is -2.31. The van der Waals surface area contributed by atoms with Crippen molar-refractivity contribution in [3.05, 3.63) is 63.9 Å². The van der Waals surface area contributed by atoms with E-state index in [1.165, 1.54) is 29.2 Å². The Morgan fingerprint density at radius 3 is 2.50 bits per heavy atom. The lowest BCUT2D eigenvalue weighted by molar-refractivity contribution is -0.142. The van der Waals surface area contributed by atoms with Crippen molar-refractivity contribution in [1.29, 1.82) is 0 Å². The molecule has 0 radical (unpaired) electrons. The smallest absolute Gasteiger partial charge is 0.261 e. The number of rotatable bonds is 10. The Bertz CT molecular complexity index is 862. The van der Waals surface area contributed by atoms with E-state index in [4.69, 9.17) is 27.9 Å². The van der Waals surface area contributed by atoms with E-state index in [1.54, 1.807) is 25.1 Å². The second kappa shape index (κ2) is 11.8. The molecule has 0 aliphatic rings. The van der Waals surface area contributed by atoms with Crippen molar-refractivity contribution in [3.8, 4) is 5.75 Å². The number of halogens is 3. The molecule has 0 bridgehead atoms. The second-order valence-corrected chi connectivity index (χ2v) is 7.66. The van der Waals surface area contributed by atoms with Gasteiger partial charge in [0, 0.05) is 23.1 Å². The third-order valence-electron chi connectivity index (χ3n) is 4.53. The molecular weight excluding hydrogens is 430 g/mol. The minimum Gasteiger partial charge on any atom is -0.484 e. The van der Waals surface area contributed by atoms with Crippen molar-refractivity contribution in [1.82, 2.24) is 10.2 Å². The molecule has 0 aromatic heterocycles. The topological polar surface area (TPSA) is 58.6 Å². The fourth-order valence-corrected chi connectivity index (χ4v) is 3.18. The summed E-state index contributed by atoms with van der Waals surface area (Å²) in [5, 5.41) is 3.72. The summed E-state index contributed by atoms with van der Waals surface area (Å²) < 4.78 is 18.5. The molecule has 1 atom stereocenters. The molecule has 0 fully saturated rings. The lowest BCUT2D eigenvalue weighted by Crippen LogP contribution is -2.49. The summed E-state index contributed by atoms with van der Waals surface area (Å²) >= 11 is 12.2. The predicted octanol–water partition coefficient (Wildman–Crippen LogP) is 4.84. The van der Waals surface area contributed by atoms with Crippen LogP contribution in [0.4, 0.5) is 4.39 Å². The molecule has 0 saturated heterocycles. The molecule has 162 valence electrons. The van der Waals surface area contributed by atoms with Gasteiger partial charge in [-0.25, -0.2) is 4.39 Å². The van der Waals surface area contributed by atoms with Crippen molar-refractivity contribution >= 4 is 35.0 Å². The van der Waals surface area contributed by atoms with Crippen molar-refractivity contribution < 1.29 is 18.7 Å². The third-order valence-corrected chi connectivity index (χ3v) is 5.12. The SMILES string of the molecule is CCCCNC(=O)C(C)N(Cc1ccc(Cl)cc1Cl)C(=O)COc1ccc(F)cc1. The fourth-order valence-electron chi connectivity index (χ4n) is 2.71. The number of amides is 2. The van der Waals surface area contributed by atoms with Crippen LogP contribution < -0.4 is 10.1 Å². The van der Waals surface area contributed by atoms with Gasteiger partial charge in [-0.2, -0.15) is 0 Å². The molecule has 0 saturated carbocycles. The molecule has 2 rings (SSSR count). The van der Waals surface area contributed by atoms with Gasteiger partial charge in [0.05, 0.1) is 0 Å². The highest BCUT2D eigenvalue weighted by Gasteiger charge is 2.27. The number of hydrogen-bond donors (Lipinski definition) is 1. The number of unbranched alkanes of at least 4 members (excludes halogenated alkanes) is 1. The summed E-state index contributed by atoms with van der Waals surface area (Å²) in [4.78, 5) is 26.9. The zero-order valence-electron chi connectivity index (χ0n) is 17.0. The molecule has 0 aliphatic heterocycles. The Kier molecular flexibility index (Phi) is 9.40. The summed E-state index contributed by atoms with van der Waals surface area (Å²) in [7, 11) is 0. The Labute approximate surface area is 186 Å². The maximum Gasteiger partial charge on any atom is 0.261 e. The van der Waals surface area contributed by atoms with E-state index >= 15 is 0 Å². The van der Waals surface area contributed by atoms with Crippen molar-refractivity contribution in [2.45, 2.75) is 39.3 Å². The number of carbonyl (C=O) groups excluding carboxylic acids is 2. The van der Waals surface area contributed by atoms with E-state index < -0.39 is 17.8 Å². The van der Waals surface area contributed by atoms with Crippen molar-refractivity contribution in [2.75, 3.05) is 13.2 Å². The van der Waals surface area contributed by atoms with Crippen LogP contribution in [0.1, 0.15) is 32.3 Å². The first-order valence-electron chi connectivity index (χ1n) is 9.71. The summed E-state index contributed by atoms with van der Waals surface area (Å²) in [6.07, 6.45) is 1.80. The zero-order chi connectivity index (χ0) is 22.1. The number of carbonyl (C=O) groups is 2.